The average Bonchev–Trinajstić information content (AvgIpc) is 3.17. The number of pyridine rings is 1. The maximum atomic E-state index is 13.1. The normalized spacial score (nSPS) is 16.8. The van der Waals surface area contributed by atoms with Gasteiger partial charge in [0.25, 0.3) is 5.91 Å². The number of likely N-dealkylation sites (tertiary alicyclic amines) is 1. The molecule has 132 valence electrons. The van der Waals surface area contributed by atoms with Gasteiger partial charge in [-0.25, -0.2) is 0 Å². The van der Waals surface area contributed by atoms with Gasteiger partial charge in [0.05, 0.1) is 24.4 Å². The Morgan fingerprint density at radius 2 is 1.96 bits per heavy atom. The molecule has 4 rings (SSSR count). The Balaban J connectivity index is 1.64. The van der Waals surface area contributed by atoms with Crippen molar-refractivity contribution >= 4 is 16.8 Å². The summed E-state index contributed by atoms with van der Waals surface area (Å²) in [6.07, 6.45) is 2.22. The van der Waals surface area contributed by atoms with Crippen molar-refractivity contribution in [1.82, 2.24) is 9.88 Å². The predicted octanol–water partition coefficient (Wildman–Crippen LogP) is 3.58. The third kappa shape index (κ3) is 2.75. The molecule has 1 aliphatic rings. The van der Waals surface area contributed by atoms with Gasteiger partial charge in [0.1, 0.15) is 11.5 Å². The summed E-state index contributed by atoms with van der Waals surface area (Å²) in [7, 11) is 1.66. The van der Waals surface area contributed by atoms with Crippen molar-refractivity contribution in [3.63, 3.8) is 0 Å². The second-order valence-electron chi connectivity index (χ2n) is 6.51. The quantitative estimate of drug-likeness (QED) is 0.786. The van der Waals surface area contributed by atoms with Crippen molar-refractivity contribution < 1.29 is 14.6 Å². The van der Waals surface area contributed by atoms with Gasteiger partial charge in [-0.05, 0) is 24.1 Å². The van der Waals surface area contributed by atoms with Crippen molar-refractivity contribution in [3.8, 4) is 11.5 Å². The van der Waals surface area contributed by atoms with Crippen LogP contribution >= 0.6 is 0 Å². The molecule has 1 aromatic heterocycles. The minimum Gasteiger partial charge on any atom is -0.505 e. The van der Waals surface area contributed by atoms with Gasteiger partial charge in [0.2, 0.25) is 0 Å². The van der Waals surface area contributed by atoms with Crippen LogP contribution in [0.25, 0.3) is 10.9 Å². The lowest BCUT2D eigenvalue weighted by molar-refractivity contribution is 0.0789. The van der Waals surface area contributed by atoms with Gasteiger partial charge >= 0.3 is 0 Å². The summed E-state index contributed by atoms with van der Waals surface area (Å²) in [6, 6.07) is 15.3. The number of amides is 1. The van der Waals surface area contributed by atoms with E-state index in [2.05, 4.69) is 11.1 Å². The summed E-state index contributed by atoms with van der Waals surface area (Å²) in [5, 5.41) is 11.0. The Kier molecular flexibility index (Phi) is 4.21. The van der Waals surface area contributed by atoms with E-state index < -0.39 is 0 Å². The number of para-hydroxylation sites is 2. The Bertz CT molecular complexity index is 970. The number of carbonyl (C=O) groups excluding carboxylic acids is 1. The second kappa shape index (κ2) is 6.67. The number of carbonyl (C=O) groups is 1. The molecule has 3 aromatic rings. The Labute approximate surface area is 151 Å². The van der Waals surface area contributed by atoms with Gasteiger partial charge < -0.3 is 14.7 Å². The molecule has 0 spiro atoms. The number of aromatic nitrogens is 1. The lowest BCUT2D eigenvalue weighted by Crippen LogP contribution is -2.28. The van der Waals surface area contributed by atoms with E-state index in [1.165, 1.54) is 6.20 Å². The first kappa shape index (κ1) is 16.4. The van der Waals surface area contributed by atoms with E-state index in [1.807, 2.05) is 42.5 Å². The van der Waals surface area contributed by atoms with E-state index in [-0.39, 0.29) is 17.6 Å². The minimum atomic E-state index is -0.154. The molecule has 0 radical (unpaired) electrons. The summed E-state index contributed by atoms with van der Waals surface area (Å²) in [6.45, 7) is 1.26. The van der Waals surface area contributed by atoms with Gasteiger partial charge in [0.15, 0.2) is 0 Å². The fraction of sp³-hybridized carbons (Fsp3) is 0.238. The fourth-order valence-electron chi connectivity index (χ4n) is 3.72. The zero-order chi connectivity index (χ0) is 18.1. The molecule has 5 heteroatoms. The van der Waals surface area contributed by atoms with Gasteiger partial charge in [0, 0.05) is 24.4 Å². The second-order valence-corrected chi connectivity index (χ2v) is 6.51. The Morgan fingerprint density at radius 1 is 1.19 bits per heavy atom. The third-order valence-electron chi connectivity index (χ3n) is 5.02. The Morgan fingerprint density at radius 3 is 2.81 bits per heavy atom. The SMILES string of the molecule is COc1ccccc1C1CCN(C(=O)c2c(O)cnc3ccccc23)C1. The van der Waals surface area contributed by atoms with E-state index in [1.54, 1.807) is 12.0 Å². The first-order chi connectivity index (χ1) is 12.7. The standard InChI is InChI=1S/C21H20N2O3/c1-26-19-9-5-3-6-15(19)14-10-11-23(13-14)21(25)20-16-7-2-4-8-17(16)22-12-18(20)24/h2-9,12,14,24H,10-11,13H2,1H3. The molecule has 0 aliphatic carbocycles. The molecule has 1 N–H and O–H groups in total. The van der Waals surface area contributed by atoms with Crippen LogP contribution in [-0.4, -0.2) is 41.1 Å². The molecule has 2 heterocycles. The molecule has 1 aliphatic heterocycles. The molecule has 26 heavy (non-hydrogen) atoms. The van der Waals surface area contributed by atoms with E-state index in [0.29, 0.717) is 29.6 Å². The largest absolute Gasteiger partial charge is 0.505 e. The fourth-order valence-corrected chi connectivity index (χ4v) is 3.72. The van der Waals surface area contributed by atoms with Gasteiger partial charge in [-0.3, -0.25) is 9.78 Å². The van der Waals surface area contributed by atoms with Crippen molar-refractivity contribution in [2.24, 2.45) is 0 Å². The van der Waals surface area contributed by atoms with E-state index >= 15 is 0 Å². The topological polar surface area (TPSA) is 62.7 Å². The highest BCUT2D eigenvalue weighted by molar-refractivity contribution is 6.08. The van der Waals surface area contributed by atoms with Gasteiger partial charge in [-0.15, -0.1) is 0 Å². The number of fused-ring (bicyclic) bond motifs is 1. The third-order valence-corrected chi connectivity index (χ3v) is 5.02. The van der Waals surface area contributed by atoms with Crippen LogP contribution in [0.4, 0.5) is 0 Å². The van der Waals surface area contributed by atoms with Crippen molar-refractivity contribution in [3.05, 3.63) is 65.9 Å². The van der Waals surface area contributed by atoms with Crippen molar-refractivity contribution in [1.29, 1.82) is 0 Å². The summed E-state index contributed by atoms with van der Waals surface area (Å²) >= 11 is 0. The first-order valence-electron chi connectivity index (χ1n) is 8.68. The maximum absolute atomic E-state index is 13.1. The van der Waals surface area contributed by atoms with Gasteiger partial charge in [-0.1, -0.05) is 36.4 Å². The number of hydrogen-bond acceptors (Lipinski definition) is 4. The molecule has 1 atom stereocenters. The van der Waals surface area contributed by atoms with E-state index in [9.17, 15) is 9.90 Å². The molecule has 1 amide bonds. The Hall–Kier alpha value is -3.08. The highest BCUT2D eigenvalue weighted by Gasteiger charge is 2.31. The zero-order valence-electron chi connectivity index (χ0n) is 14.6. The number of nitrogens with zero attached hydrogens (tertiary/aromatic N) is 2. The molecule has 0 saturated carbocycles. The average molecular weight is 348 g/mol. The summed E-state index contributed by atoms with van der Waals surface area (Å²) in [4.78, 5) is 19.1. The number of methoxy groups -OCH3 is 1. The molecular formula is C21H20N2O3. The van der Waals surface area contributed by atoms with Crippen molar-refractivity contribution in [2.75, 3.05) is 20.2 Å². The van der Waals surface area contributed by atoms with E-state index in [0.717, 1.165) is 17.7 Å². The number of aromatic hydroxyl groups is 1. The summed E-state index contributed by atoms with van der Waals surface area (Å²) < 4.78 is 5.46. The van der Waals surface area contributed by atoms with E-state index in [4.69, 9.17) is 4.74 Å². The monoisotopic (exact) mass is 348 g/mol. The zero-order valence-corrected chi connectivity index (χ0v) is 14.6. The number of benzene rings is 2. The van der Waals surface area contributed by atoms with Crippen LogP contribution < -0.4 is 4.74 Å². The summed E-state index contributed by atoms with van der Waals surface area (Å²) in [5.74, 6) is 0.849. The molecule has 5 nitrogen and oxygen atoms in total. The van der Waals surface area contributed by atoms with Crippen LogP contribution in [0.3, 0.4) is 0 Å². The smallest absolute Gasteiger partial charge is 0.258 e. The van der Waals surface area contributed by atoms with Crippen LogP contribution in [-0.2, 0) is 0 Å². The molecule has 2 aromatic carbocycles. The highest BCUT2D eigenvalue weighted by Crippen LogP contribution is 2.35. The number of ether oxygens (including phenoxy) is 1. The van der Waals surface area contributed by atoms with Gasteiger partial charge in [-0.2, -0.15) is 0 Å². The molecule has 1 fully saturated rings. The van der Waals surface area contributed by atoms with Crippen LogP contribution in [0.5, 0.6) is 11.5 Å². The summed E-state index contributed by atoms with van der Waals surface area (Å²) in [5.41, 5.74) is 2.15. The van der Waals surface area contributed by atoms with Crippen LogP contribution in [0.15, 0.2) is 54.7 Å². The number of rotatable bonds is 3. The molecule has 1 saturated heterocycles. The number of hydrogen-bond donors (Lipinski definition) is 1. The van der Waals surface area contributed by atoms with Crippen molar-refractivity contribution in [2.45, 2.75) is 12.3 Å². The van der Waals surface area contributed by atoms with Crippen LogP contribution in [0.2, 0.25) is 0 Å². The predicted molar refractivity (Wildman–Crippen MR) is 99.7 cm³/mol. The van der Waals surface area contributed by atoms with Crippen LogP contribution in [0.1, 0.15) is 28.3 Å². The minimum absolute atomic E-state index is 0.0746. The lowest BCUT2D eigenvalue weighted by atomic mass is 9.97. The molecule has 1 unspecified atom stereocenters. The maximum Gasteiger partial charge on any atom is 0.258 e. The molecular weight excluding hydrogens is 328 g/mol. The molecule has 0 bridgehead atoms. The van der Waals surface area contributed by atoms with Crippen LogP contribution in [0, 0.1) is 0 Å². The highest BCUT2D eigenvalue weighted by atomic mass is 16.5. The lowest BCUT2D eigenvalue weighted by Gasteiger charge is -2.19. The first-order valence-corrected chi connectivity index (χ1v) is 8.68.